The van der Waals surface area contributed by atoms with Gasteiger partial charge in [0.15, 0.2) is 0 Å². The van der Waals surface area contributed by atoms with Gasteiger partial charge < -0.3 is 20.5 Å². The molecule has 2 aliphatic rings. The van der Waals surface area contributed by atoms with Gasteiger partial charge in [0.2, 0.25) is 5.95 Å². The molecule has 7 heteroatoms. The van der Waals surface area contributed by atoms with Gasteiger partial charge in [-0.2, -0.15) is 4.98 Å². The number of nitrogen functional groups attached to an aromatic ring is 1. The van der Waals surface area contributed by atoms with Crippen molar-refractivity contribution in [1.82, 2.24) is 9.97 Å². The number of amides is 1. The average molecular weight is 376 g/mol. The lowest BCUT2D eigenvalue weighted by Crippen LogP contribution is -2.68. The highest BCUT2D eigenvalue weighted by Gasteiger charge is 2.44. The molecule has 0 radical (unpaired) electrons. The molecule has 7 nitrogen and oxygen atoms in total. The van der Waals surface area contributed by atoms with Crippen LogP contribution in [0.25, 0.3) is 0 Å². The summed E-state index contributed by atoms with van der Waals surface area (Å²) in [6, 6.07) is 0. The molecular weight excluding hydrogens is 342 g/mol. The van der Waals surface area contributed by atoms with Gasteiger partial charge in [0.1, 0.15) is 12.4 Å². The van der Waals surface area contributed by atoms with Crippen molar-refractivity contribution in [1.29, 1.82) is 0 Å². The van der Waals surface area contributed by atoms with E-state index in [1.807, 2.05) is 20.8 Å². The number of carboxylic acid groups (broad SMARTS) is 1. The summed E-state index contributed by atoms with van der Waals surface area (Å²) in [5, 5.41) is 12.1. The maximum Gasteiger partial charge on any atom is 0.257 e. The molecule has 0 saturated carbocycles. The Morgan fingerprint density at radius 2 is 1.93 bits per heavy atom. The molecule has 1 amide bonds. The Bertz CT molecular complexity index is 741. The molecule has 0 aromatic carbocycles. The number of anilines is 2. The van der Waals surface area contributed by atoms with E-state index >= 15 is 0 Å². The monoisotopic (exact) mass is 375 g/mol. The van der Waals surface area contributed by atoms with Gasteiger partial charge in [0.05, 0.1) is 24.3 Å². The van der Waals surface area contributed by atoms with E-state index < -0.39 is 11.6 Å². The largest absolute Gasteiger partial charge is 0.498 e. The molecule has 0 bridgehead atoms. The van der Waals surface area contributed by atoms with E-state index in [1.165, 1.54) is 5.56 Å². The van der Waals surface area contributed by atoms with Gasteiger partial charge in [-0.3, -0.25) is 4.48 Å². The Morgan fingerprint density at radius 1 is 1.22 bits per heavy atom. The standard InChI is InChI=1S/C20H33N5O2/c1-19(2,3)25(18(26)27)11-6-9-24(10-12-25)16-14-7-8-20(4,5)13-15(14)22-17(21)23-16/h6-13H2,1-5H3,(H2-,21,22,23,26,27). The zero-order valence-corrected chi connectivity index (χ0v) is 17.3. The van der Waals surface area contributed by atoms with Crippen molar-refractivity contribution < 1.29 is 14.4 Å². The minimum Gasteiger partial charge on any atom is -0.498 e. The molecule has 1 atom stereocenters. The van der Waals surface area contributed by atoms with Gasteiger partial charge in [0, 0.05) is 18.5 Å². The van der Waals surface area contributed by atoms with Crippen LogP contribution in [0.2, 0.25) is 0 Å². The number of rotatable bonds is 1. The van der Waals surface area contributed by atoms with Crippen LogP contribution in [0, 0.1) is 5.41 Å². The number of carbonyl (C=O) groups is 1. The summed E-state index contributed by atoms with van der Waals surface area (Å²) in [6.07, 6.45) is 2.71. The minimum atomic E-state index is -0.990. The molecule has 1 aliphatic heterocycles. The average Bonchev–Trinajstić information content (AvgIpc) is 2.76. The molecule has 1 aromatic rings. The summed E-state index contributed by atoms with van der Waals surface area (Å²) >= 11 is 0. The topological polar surface area (TPSA) is 95.2 Å². The van der Waals surface area contributed by atoms with Crippen molar-refractivity contribution in [2.75, 3.05) is 36.8 Å². The first kappa shape index (κ1) is 19.9. The number of quaternary nitrogens is 1. The summed E-state index contributed by atoms with van der Waals surface area (Å²) in [5.41, 5.74) is 8.07. The quantitative estimate of drug-likeness (QED) is 0.751. The third-order valence-corrected chi connectivity index (χ3v) is 6.44. The lowest BCUT2D eigenvalue weighted by Gasteiger charge is -2.47. The second-order valence-corrected chi connectivity index (χ2v) is 9.86. The molecule has 3 rings (SSSR count). The molecule has 1 aromatic heterocycles. The first-order chi connectivity index (χ1) is 12.5. The molecular formula is C20H33N5O2. The SMILES string of the molecule is CC1(C)CCc2c(nc(N)nc2N2CCC[N+](C(=O)[O-])(C(C)(C)C)CC2)C1. The molecule has 150 valence electrons. The van der Waals surface area contributed by atoms with E-state index in [0.29, 0.717) is 25.6 Å². The fourth-order valence-electron chi connectivity index (χ4n) is 4.59. The molecule has 0 spiro atoms. The molecule has 1 unspecified atom stereocenters. The van der Waals surface area contributed by atoms with E-state index in [-0.39, 0.29) is 9.90 Å². The zero-order chi connectivity index (χ0) is 20.0. The molecule has 2 heterocycles. The highest BCUT2D eigenvalue weighted by molar-refractivity contribution is 5.56. The lowest BCUT2D eigenvalue weighted by molar-refractivity contribution is -0.917. The zero-order valence-electron chi connectivity index (χ0n) is 17.3. The number of hydrogen-bond acceptors (Lipinski definition) is 6. The normalized spacial score (nSPS) is 25.6. The first-order valence-electron chi connectivity index (χ1n) is 9.94. The summed E-state index contributed by atoms with van der Waals surface area (Å²) in [4.78, 5) is 23.4. The lowest BCUT2D eigenvalue weighted by atomic mass is 9.76. The van der Waals surface area contributed by atoms with E-state index in [1.54, 1.807) is 0 Å². The second-order valence-electron chi connectivity index (χ2n) is 9.86. The van der Waals surface area contributed by atoms with Crippen molar-refractivity contribution in [2.24, 2.45) is 5.41 Å². The van der Waals surface area contributed by atoms with Crippen LogP contribution < -0.4 is 15.7 Å². The molecule has 1 fully saturated rings. The molecule has 1 saturated heterocycles. The Labute approximate surface area is 162 Å². The number of carbonyl (C=O) groups excluding carboxylic acids is 1. The van der Waals surface area contributed by atoms with Crippen molar-refractivity contribution in [3.8, 4) is 0 Å². The van der Waals surface area contributed by atoms with E-state index in [4.69, 9.17) is 5.73 Å². The van der Waals surface area contributed by atoms with Gasteiger partial charge in [-0.05, 0) is 45.4 Å². The maximum absolute atomic E-state index is 12.1. The van der Waals surface area contributed by atoms with Crippen molar-refractivity contribution >= 4 is 17.9 Å². The van der Waals surface area contributed by atoms with Gasteiger partial charge >= 0.3 is 0 Å². The van der Waals surface area contributed by atoms with Crippen molar-refractivity contribution in [3.05, 3.63) is 11.3 Å². The highest BCUT2D eigenvalue weighted by Crippen LogP contribution is 2.38. The number of nitrogens with zero attached hydrogens (tertiary/aromatic N) is 4. The number of nitrogens with two attached hydrogens (primary N) is 1. The first-order valence-corrected chi connectivity index (χ1v) is 9.94. The van der Waals surface area contributed by atoms with Crippen LogP contribution in [-0.4, -0.2) is 52.3 Å². The second kappa shape index (κ2) is 6.62. The third-order valence-electron chi connectivity index (χ3n) is 6.44. The maximum atomic E-state index is 12.1. The Morgan fingerprint density at radius 3 is 2.56 bits per heavy atom. The Balaban J connectivity index is 1.93. The van der Waals surface area contributed by atoms with Gasteiger partial charge in [-0.15, -0.1) is 0 Å². The van der Waals surface area contributed by atoms with Gasteiger partial charge in [-0.25, -0.2) is 4.98 Å². The minimum absolute atomic E-state index is 0.0285. The van der Waals surface area contributed by atoms with Crippen LogP contribution in [0.1, 0.15) is 58.7 Å². The number of fused-ring (bicyclic) bond motifs is 1. The van der Waals surface area contributed by atoms with Crippen LogP contribution in [0.3, 0.4) is 0 Å². The van der Waals surface area contributed by atoms with E-state index in [9.17, 15) is 9.90 Å². The Hall–Kier alpha value is -1.89. The van der Waals surface area contributed by atoms with Crippen molar-refractivity contribution in [3.63, 3.8) is 0 Å². The molecule has 1 aliphatic carbocycles. The smallest absolute Gasteiger partial charge is 0.257 e. The number of aromatic nitrogens is 2. The van der Waals surface area contributed by atoms with Crippen molar-refractivity contribution in [2.45, 2.75) is 65.8 Å². The van der Waals surface area contributed by atoms with Crippen LogP contribution in [-0.2, 0) is 12.8 Å². The summed E-state index contributed by atoms with van der Waals surface area (Å²) in [6.45, 7) is 12.9. The third kappa shape index (κ3) is 3.61. The Kier molecular flexibility index (Phi) is 4.87. The van der Waals surface area contributed by atoms with E-state index in [0.717, 1.165) is 43.7 Å². The van der Waals surface area contributed by atoms with Crippen LogP contribution in [0.15, 0.2) is 0 Å². The fourth-order valence-corrected chi connectivity index (χ4v) is 4.59. The van der Waals surface area contributed by atoms with Crippen LogP contribution >= 0.6 is 0 Å². The van der Waals surface area contributed by atoms with Crippen LogP contribution in [0.4, 0.5) is 16.6 Å². The summed E-state index contributed by atoms with van der Waals surface area (Å²) < 4.78 is -0.0285. The van der Waals surface area contributed by atoms with Crippen LogP contribution in [0.5, 0.6) is 0 Å². The summed E-state index contributed by atoms with van der Waals surface area (Å²) in [7, 11) is 0. The van der Waals surface area contributed by atoms with Gasteiger partial charge in [-0.1, -0.05) is 13.8 Å². The predicted molar refractivity (Wildman–Crippen MR) is 104 cm³/mol. The fraction of sp³-hybridized carbons (Fsp3) is 0.750. The number of hydrogen-bond donors (Lipinski definition) is 1. The highest BCUT2D eigenvalue weighted by atomic mass is 16.4. The molecule has 2 N–H and O–H groups in total. The predicted octanol–water partition coefficient (Wildman–Crippen LogP) is 1.74. The summed E-state index contributed by atoms with van der Waals surface area (Å²) in [5.74, 6) is 1.21. The molecule has 27 heavy (non-hydrogen) atoms. The van der Waals surface area contributed by atoms with Gasteiger partial charge in [0.25, 0.3) is 6.09 Å². The van der Waals surface area contributed by atoms with E-state index in [2.05, 4.69) is 28.7 Å².